The second-order valence-corrected chi connectivity index (χ2v) is 10.8. The molecule has 0 aromatic heterocycles. The van der Waals surface area contributed by atoms with Crippen molar-refractivity contribution in [2.45, 2.75) is 83.5 Å². The summed E-state index contributed by atoms with van der Waals surface area (Å²) < 4.78 is 0. The van der Waals surface area contributed by atoms with Gasteiger partial charge in [0.25, 0.3) is 0 Å². The maximum absolute atomic E-state index is 13.5. The molecule has 4 atom stereocenters. The number of rotatable bonds is 20. The van der Waals surface area contributed by atoms with Gasteiger partial charge in [-0.3, -0.25) is 44.4 Å². The Balaban J connectivity index is 3.17. The number of nitrogens with one attached hydrogen (secondary N) is 3. The molecule has 0 aliphatic carbocycles. The van der Waals surface area contributed by atoms with E-state index in [1.807, 2.05) is 0 Å². The van der Waals surface area contributed by atoms with E-state index in [4.69, 9.17) is 5.73 Å². The summed E-state index contributed by atoms with van der Waals surface area (Å²) in [6.07, 6.45) is -0.101. The third-order valence-corrected chi connectivity index (χ3v) is 6.97. The topological polar surface area (TPSA) is 272 Å². The van der Waals surface area contributed by atoms with Crippen LogP contribution in [-0.2, 0) is 33.6 Å². The molecule has 0 heterocycles. The SMILES string of the molecule is CC(=O)N(O)CCC[C@H](NC(=O)[C@H](CCCN(O)C(C)=O)NC(=O)[C@@H](N)CCCN(O)C(C)=O)C(=O)N[C@@H](C(=O)O)c1ccccc1. The number of benzene rings is 1. The van der Waals surface area contributed by atoms with Gasteiger partial charge in [0.05, 0.1) is 6.04 Å². The fourth-order valence-corrected chi connectivity index (χ4v) is 4.22. The lowest BCUT2D eigenvalue weighted by molar-refractivity contribution is -0.163. The predicted octanol–water partition coefficient (Wildman–Crippen LogP) is -0.721. The number of carboxylic acid groups (broad SMARTS) is 1. The van der Waals surface area contributed by atoms with Crippen LogP contribution in [0.4, 0.5) is 0 Å². The van der Waals surface area contributed by atoms with Gasteiger partial charge in [-0.05, 0) is 44.1 Å². The number of carbonyl (C=O) groups is 7. The first-order valence-electron chi connectivity index (χ1n) is 14.9. The number of amides is 6. The fraction of sp³-hybridized carbons (Fsp3) is 0.552. The van der Waals surface area contributed by atoms with Crippen LogP contribution in [0.3, 0.4) is 0 Å². The summed E-state index contributed by atoms with van der Waals surface area (Å²) in [5, 5.41) is 47.4. The predicted molar refractivity (Wildman–Crippen MR) is 162 cm³/mol. The maximum atomic E-state index is 13.5. The molecule has 1 rings (SSSR count). The van der Waals surface area contributed by atoms with E-state index >= 15 is 0 Å². The Bertz CT molecular complexity index is 1230. The van der Waals surface area contributed by atoms with E-state index in [-0.39, 0.29) is 63.7 Å². The van der Waals surface area contributed by atoms with E-state index in [2.05, 4.69) is 16.0 Å². The Morgan fingerprint density at radius 3 is 1.43 bits per heavy atom. The van der Waals surface area contributed by atoms with Crippen molar-refractivity contribution in [2.24, 2.45) is 5.73 Å². The number of hydrogen-bond donors (Lipinski definition) is 8. The molecular formula is C29H45N7O11. The van der Waals surface area contributed by atoms with Gasteiger partial charge in [0, 0.05) is 40.4 Å². The van der Waals surface area contributed by atoms with E-state index in [1.165, 1.54) is 12.1 Å². The molecule has 1 aromatic carbocycles. The normalized spacial score (nSPS) is 13.3. The number of nitrogens with zero attached hydrogens (tertiary/aromatic N) is 3. The summed E-state index contributed by atoms with van der Waals surface area (Å²) in [5.41, 5.74) is 6.21. The molecule has 0 saturated heterocycles. The molecule has 9 N–H and O–H groups in total. The lowest BCUT2D eigenvalue weighted by atomic mass is 10.0. The molecule has 18 nitrogen and oxygen atoms in total. The van der Waals surface area contributed by atoms with E-state index in [0.29, 0.717) is 15.2 Å². The monoisotopic (exact) mass is 667 g/mol. The van der Waals surface area contributed by atoms with E-state index in [1.54, 1.807) is 18.2 Å². The first kappa shape index (κ1) is 40.4. The van der Waals surface area contributed by atoms with Crippen molar-refractivity contribution >= 4 is 41.4 Å². The summed E-state index contributed by atoms with van der Waals surface area (Å²) in [6.45, 7) is 2.88. The molecule has 6 amide bonds. The molecule has 18 heteroatoms. The quantitative estimate of drug-likeness (QED) is 0.0632. The first-order chi connectivity index (χ1) is 22.0. The van der Waals surface area contributed by atoms with Crippen LogP contribution in [0.5, 0.6) is 0 Å². The van der Waals surface area contributed by atoms with Crippen molar-refractivity contribution in [1.82, 2.24) is 31.1 Å². The second kappa shape index (κ2) is 20.5. The molecular weight excluding hydrogens is 622 g/mol. The van der Waals surface area contributed by atoms with E-state index in [0.717, 1.165) is 20.8 Å². The highest BCUT2D eigenvalue weighted by Crippen LogP contribution is 2.14. The van der Waals surface area contributed by atoms with Gasteiger partial charge in [0.2, 0.25) is 35.4 Å². The van der Waals surface area contributed by atoms with Crippen LogP contribution < -0.4 is 21.7 Å². The summed E-state index contributed by atoms with van der Waals surface area (Å²) in [5.74, 6) is -5.87. The number of carboxylic acids is 1. The molecule has 0 radical (unpaired) electrons. The molecule has 262 valence electrons. The molecule has 0 fully saturated rings. The maximum Gasteiger partial charge on any atom is 0.330 e. The largest absolute Gasteiger partial charge is 0.479 e. The van der Waals surface area contributed by atoms with Crippen molar-refractivity contribution in [1.29, 1.82) is 0 Å². The number of nitrogens with two attached hydrogens (primary N) is 1. The van der Waals surface area contributed by atoms with Crippen molar-refractivity contribution in [3.05, 3.63) is 35.9 Å². The second-order valence-electron chi connectivity index (χ2n) is 10.8. The third kappa shape index (κ3) is 15.0. The third-order valence-electron chi connectivity index (χ3n) is 6.97. The van der Waals surface area contributed by atoms with Crippen LogP contribution in [0.25, 0.3) is 0 Å². The molecule has 0 aliphatic rings. The summed E-state index contributed by atoms with van der Waals surface area (Å²) in [6, 6.07) is 2.40. The standard InChI is InChI=1S/C29H45N7O11/c1-18(37)34(45)15-7-12-22(30)26(40)31-23(13-8-16-35(46)19(2)38)27(41)32-24(14-9-17-36(47)20(3)39)28(42)33-25(29(43)44)21-10-5-4-6-11-21/h4-6,10-11,22-25,45-47H,7-9,12-17,30H2,1-3H3,(H,31,40)(H,32,41)(H,33,42)(H,43,44)/t22-,23-,24-,25+/m0/s1. The van der Waals surface area contributed by atoms with Gasteiger partial charge >= 0.3 is 5.97 Å². The molecule has 0 bridgehead atoms. The van der Waals surface area contributed by atoms with Gasteiger partial charge < -0.3 is 26.8 Å². The molecule has 0 saturated carbocycles. The molecule has 0 aliphatic heterocycles. The Kier molecular flexibility index (Phi) is 17.6. The van der Waals surface area contributed by atoms with Crippen molar-refractivity contribution in [2.75, 3.05) is 19.6 Å². The van der Waals surface area contributed by atoms with E-state index < -0.39 is 65.6 Å². The van der Waals surface area contributed by atoms with Gasteiger partial charge in [0.15, 0.2) is 6.04 Å². The van der Waals surface area contributed by atoms with Crippen molar-refractivity contribution in [3.63, 3.8) is 0 Å². The van der Waals surface area contributed by atoms with Gasteiger partial charge in [-0.15, -0.1) is 0 Å². The Morgan fingerprint density at radius 1 is 0.638 bits per heavy atom. The Morgan fingerprint density at radius 2 is 1.02 bits per heavy atom. The highest BCUT2D eigenvalue weighted by molar-refractivity contribution is 5.94. The smallest absolute Gasteiger partial charge is 0.330 e. The zero-order valence-corrected chi connectivity index (χ0v) is 26.6. The summed E-state index contributed by atoms with van der Waals surface area (Å²) in [7, 11) is 0. The van der Waals surface area contributed by atoms with Crippen LogP contribution in [0.15, 0.2) is 30.3 Å². The minimum atomic E-state index is -1.48. The number of hydrogen-bond acceptors (Lipinski definition) is 11. The highest BCUT2D eigenvalue weighted by atomic mass is 16.5. The summed E-state index contributed by atoms with van der Waals surface area (Å²) in [4.78, 5) is 85.8. The average Bonchev–Trinajstić information content (AvgIpc) is 3.01. The lowest BCUT2D eigenvalue weighted by Gasteiger charge is -2.26. The lowest BCUT2D eigenvalue weighted by Crippen LogP contribution is -2.56. The van der Waals surface area contributed by atoms with Gasteiger partial charge in [-0.2, -0.15) is 0 Å². The van der Waals surface area contributed by atoms with Gasteiger partial charge in [-0.25, -0.2) is 20.0 Å². The van der Waals surface area contributed by atoms with E-state index in [9.17, 15) is 54.3 Å². The number of hydroxylamine groups is 6. The van der Waals surface area contributed by atoms with Crippen LogP contribution >= 0.6 is 0 Å². The van der Waals surface area contributed by atoms with Crippen molar-refractivity contribution in [3.8, 4) is 0 Å². The molecule has 1 aromatic rings. The van der Waals surface area contributed by atoms with Gasteiger partial charge in [0.1, 0.15) is 12.1 Å². The minimum Gasteiger partial charge on any atom is -0.479 e. The minimum absolute atomic E-state index is 0.000354. The average molecular weight is 668 g/mol. The number of aliphatic carboxylic acids is 1. The van der Waals surface area contributed by atoms with Crippen LogP contribution in [0.2, 0.25) is 0 Å². The first-order valence-corrected chi connectivity index (χ1v) is 14.9. The molecule has 47 heavy (non-hydrogen) atoms. The highest BCUT2D eigenvalue weighted by Gasteiger charge is 2.31. The molecule has 0 unspecified atom stereocenters. The van der Waals surface area contributed by atoms with Crippen LogP contribution in [0.1, 0.15) is 70.9 Å². The van der Waals surface area contributed by atoms with Crippen LogP contribution in [0, 0.1) is 0 Å². The number of carbonyl (C=O) groups excluding carboxylic acids is 6. The molecule has 0 spiro atoms. The zero-order valence-electron chi connectivity index (χ0n) is 26.6. The Labute approximate surface area is 271 Å². The summed E-state index contributed by atoms with van der Waals surface area (Å²) >= 11 is 0. The van der Waals surface area contributed by atoms with Crippen LogP contribution in [-0.4, -0.2) is 115 Å². The van der Waals surface area contributed by atoms with Gasteiger partial charge in [-0.1, -0.05) is 30.3 Å². The fourth-order valence-electron chi connectivity index (χ4n) is 4.22. The Hall–Kier alpha value is -4.65. The van der Waals surface area contributed by atoms with Crippen molar-refractivity contribution < 1.29 is 54.3 Å². The zero-order chi connectivity index (χ0) is 35.7.